The maximum atomic E-state index is 12.7. The van der Waals surface area contributed by atoms with Crippen LogP contribution in [0.1, 0.15) is 30.1 Å². The molecule has 1 aliphatic rings. The minimum absolute atomic E-state index is 0.00699. The van der Waals surface area contributed by atoms with Crippen molar-refractivity contribution < 1.29 is 9.53 Å². The fraction of sp³-hybridized carbons (Fsp3) is 0.500. The highest BCUT2D eigenvalue weighted by atomic mass is 16.5. The van der Waals surface area contributed by atoms with E-state index >= 15 is 0 Å². The maximum absolute atomic E-state index is 12.7. The lowest BCUT2D eigenvalue weighted by atomic mass is 10.2. The molecule has 2 aromatic rings. The van der Waals surface area contributed by atoms with E-state index in [1.54, 1.807) is 16.8 Å². The van der Waals surface area contributed by atoms with Crippen LogP contribution in [-0.2, 0) is 4.74 Å². The molecule has 2 aromatic heterocycles. The summed E-state index contributed by atoms with van der Waals surface area (Å²) in [5.41, 5.74) is 1.21. The topological polar surface area (TPSA) is 59.7 Å². The Labute approximate surface area is 117 Å². The van der Waals surface area contributed by atoms with Gasteiger partial charge in [-0.05, 0) is 25.0 Å². The van der Waals surface area contributed by atoms with Crippen LogP contribution in [0.15, 0.2) is 24.7 Å². The first kappa shape index (κ1) is 13.1. The molecule has 3 heterocycles. The molecule has 0 aromatic carbocycles. The predicted molar refractivity (Wildman–Crippen MR) is 73.5 cm³/mol. The molecule has 0 saturated carbocycles. The Kier molecular flexibility index (Phi) is 3.64. The monoisotopic (exact) mass is 274 g/mol. The fourth-order valence-electron chi connectivity index (χ4n) is 2.51. The average molecular weight is 274 g/mol. The lowest BCUT2D eigenvalue weighted by Crippen LogP contribution is -2.36. The summed E-state index contributed by atoms with van der Waals surface area (Å²) in [5, 5.41) is 7.89. The Morgan fingerprint density at radius 2 is 2.45 bits per heavy atom. The molecular formula is C14H18N4O2. The number of fused-ring (bicyclic) bond motifs is 1. The van der Waals surface area contributed by atoms with Crippen molar-refractivity contribution in [2.24, 2.45) is 0 Å². The van der Waals surface area contributed by atoms with Gasteiger partial charge >= 0.3 is 0 Å². The van der Waals surface area contributed by atoms with E-state index in [1.807, 2.05) is 17.2 Å². The van der Waals surface area contributed by atoms with Gasteiger partial charge in [0.1, 0.15) is 6.33 Å². The van der Waals surface area contributed by atoms with Crippen LogP contribution in [0.3, 0.4) is 0 Å². The van der Waals surface area contributed by atoms with Crippen molar-refractivity contribution in [3.63, 3.8) is 0 Å². The van der Waals surface area contributed by atoms with Gasteiger partial charge in [0.25, 0.3) is 5.91 Å². The second kappa shape index (κ2) is 5.58. The first-order valence-corrected chi connectivity index (χ1v) is 6.99. The molecule has 1 aliphatic heterocycles. The normalized spacial score (nSPS) is 20.1. The molecule has 6 heteroatoms. The number of carbonyl (C=O) groups excluding carboxylic acids is 1. The molecule has 1 amide bonds. The average Bonchev–Trinajstić information content (AvgIpc) is 2.83. The van der Waals surface area contributed by atoms with E-state index in [0.717, 1.165) is 26.0 Å². The summed E-state index contributed by atoms with van der Waals surface area (Å²) in [4.78, 5) is 14.6. The van der Waals surface area contributed by atoms with E-state index in [1.165, 1.54) is 0 Å². The molecule has 0 aliphatic carbocycles. The van der Waals surface area contributed by atoms with E-state index < -0.39 is 0 Å². The standard InChI is InChI=1S/C14H18N4O2/c1-2-11-9-17(7-4-8-20-11)14(19)12-5-3-6-18-10-15-16-13(12)18/h3,5-6,10-11H,2,4,7-9H2,1H3. The number of amides is 1. The van der Waals surface area contributed by atoms with Gasteiger partial charge in [0.15, 0.2) is 5.65 Å². The fourth-order valence-corrected chi connectivity index (χ4v) is 2.51. The van der Waals surface area contributed by atoms with Gasteiger partial charge in [-0.1, -0.05) is 6.92 Å². The molecule has 0 bridgehead atoms. The van der Waals surface area contributed by atoms with Gasteiger partial charge in [-0.3, -0.25) is 9.20 Å². The van der Waals surface area contributed by atoms with Crippen molar-refractivity contribution in [1.82, 2.24) is 19.5 Å². The number of pyridine rings is 1. The van der Waals surface area contributed by atoms with E-state index in [0.29, 0.717) is 17.8 Å². The van der Waals surface area contributed by atoms with Gasteiger partial charge in [0.05, 0.1) is 11.7 Å². The van der Waals surface area contributed by atoms with Crippen molar-refractivity contribution in [2.45, 2.75) is 25.9 Å². The number of hydrogen-bond donors (Lipinski definition) is 0. The van der Waals surface area contributed by atoms with Gasteiger partial charge < -0.3 is 9.64 Å². The van der Waals surface area contributed by atoms with E-state index in [-0.39, 0.29) is 12.0 Å². The molecule has 1 atom stereocenters. The van der Waals surface area contributed by atoms with Crippen LogP contribution in [0.5, 0.6) is 0 Å². The lowest BCUT2D eigenvalue weighted by molar-refractivity contribution is 0.0460. The first-order chi connectivity index (χ1) is 9.79. The SMILES string of the molecule is CCC1CN(C(=O)c2cccn3cnnc23)CCCO1. The van der Waals surface area contributed by atoms with Crippen molar-refractivity contribution >= 4 is 11.6 Å². The van der Waals surface area contributed by atoms with Gasteiger partial charge in [0, 0.05) is 25.9 Å². The molecule has 1 unspecified atom stereocenters. The summed E-state index contributed by atoms with van der Waals surface area (Å²) in [6.45, 7) is 4.17. The van der Waals surface area contributed by atoms with Crippen LogP contribution in [0.25, 0.3) is 5.65 Å². The molecule has 106 valence electrons. The molecule has 0 N–H and O–H groups in total. The van der Waals surface area contributed by atoms with Gasteiger partial charge in [0.2, 0.25) is 0 Å². The predicted octanol–water partition coefficient (Wildman–Crippen LogP) is 1.37. The van der Waals surface area contributed by atoms with Crippen LogP contribution in [-0.4, -0.2) is 51.2 Å². The van der Waals surface area contributed by atoms with Crippen molar-refractivity contribution in [1.29, 1.82) is 0 Å². The number of aromatic nitrogens is 3. The second-order valence-corrected chi connectivity index (χ2v) is 4.99. The van der Waals surface area contributed by atoms with Gasteiger partial charge in [-0.2, -0.15) is 0 Å². The van der Waals surface area contributed by atoms with Gasteiger partial charge in [-0.15, -0.1) is 10.2 Å². The smallest absolute Gasteiger partial charge is 0.257 e. The van der Waals surface area contributed by atoms with Crippen LogP contribution in [0.2, 0.25) is 0 Å². The molecule has 1 fully saturated rings. The third-order valence-electron chi connectivity index (χ3n) is 3.65. The third kappa shape index (κ3) is 2.38. The highest BCUT2D eigenvalue weighted by Crippen LogP contribution is 2.15. The van der Waals surface area contributed by atoms with E-state index in [2.05, 4.69) is 17.1 Å². The summed E-state index contributed by atoms with van der Waals surface area (Å²) < 4.78 is 7.48. The molecule has 3 rings (SSSR count). The van der Waals surface area contributed by atoms with Crippen LogP contribution in [0.4, 0.5) is 0 Å². The molecule has 20 heavy (non-hydrogen) atoms. The van der Waals surface area contributed by atoms with E-state index in [9.17, 15) is 4.79 Å². The summed E-state index contributed by atoms with van der Waals surface area (Å²) in [6, 6.07) is 3.65. The Morgan fingerprint density at radius 1 is 1.55 bits per heavy atom. The van der Waals surface area contributed by atoms with E-state index in [4.69, 9.17) is 4.74 Å². The van der Waals surface area contributed by atoms with Crippen molar-refractivity contribution in [2.75, 3.05) is 19.7 Å². The zero-order valence-corrected chi connectivity index (χ0v) is 11.5. The highest BCUT2D eigenvalue weighted by molar-refractivity contribution is 5.99. The zero-order chi connectivity index (χ0) is 13.9. The number of carbonyl (C=O) groups is 1. The summed E-state index contributed by atoms with van der Waals surface area (Å²) in [7, 11) is 0. The quantitative estimate of drug-likeness (QED) is 0.830. The van der Waals surface area contributed by atoms with Gasteiger partial charge in [-0.25, -0.2) is 0 Å². The molecule has 6 nitrogen and oxygen atoms in total. The van der Waals surface area contributed by atoms with Crippen LogP contribution < -0.4 is 0 Å². The number of hydrogen-bond acceptors (Lipinski definition) is 4. The highest BCUT2D eigenvalue weighted by Gasteiger charge is 2.24. The zero-order valence-electron chi connectivity index (χ0n) is 11.5. The van der Waals surface area contributed by atoms with Crippen molar-refractivity contribution in [3.05, 3.63) is 30.2 Å². The Morgan fingerprint density at radius 3 is 3.30 bits per heavy atom. The summed E-state index contributed by atoms with van der Waals surface area (Å²) >= 11 is 0. The summed E-state index contributed by atoms with van der Waals surface area (Å²) in [5.74, 6) is 0.00699. The minimum atomic E-state index is 0.00699. The number of rotatable bonds is 2. The Bertz CT molecular complexity index is 610. The van der Waals surface area contributed by atoms with Crippen molar-refractivity contribution in [3.8, 4) is 0 Å². The Balaban J connectivity index is 1.89. The Hall–Kier alpha value is -1.95. The number of ether oxygens (including phenoxy) is 1. The molecule has 0 spiro atoms. The lowest BCUT2D eigenvalue weighted by Gasteiger charge is -2.23. The number of nitrogens with zero attached hydrogens (tertiary/aromatic N) is 4. The molecule has 0 radical (unpaired) electrons. The minimum Gasteiger partial charge on any atom is -0.376 e. The first-order valence-electron chi connectivity index (χ1n) is 6.99. The molecular weight excluding hydrogens is 256 g/mol. The molecule has 1 saturated heterocycles. The summed E-state index contributed by atoms with van der Waals surface area (Å²) in [6.07, 6.45) is 5.36. The van der Waals surface area contributed by atoms with Crippen LogP contribution >= 0.6 is 0 Å². The maximum Gasteiger partial charge on any atom is 0.257 e. The largest absolute Gasteiger partial charge is 0.376 e. The van der Waals surface area contributed by atoms with Crippen LogP contribution in [0, 0.1) is 0 Å². The second-order valence-electron chi connectivity index (χ2n) is 4.99. The third-order valence-corrected chi connectivity index (χ3v) is 3.65.